The summed E-state index contributed by atoms with van der Waals surface area (Å²) in [5, 5.41) is 9.40. The Kier molecular flexibility index (Phi) is 7.29. The van der Waals surface area contributed by atoms with Crippen molar-refractivity contribution in [1.82, 2.24) is 0 Å². The number of ether oxygens (including phenoxy) is 1. The van der Waals surface area contributed by atoms with Gasteiger partial charge in [-0.15, -0.1) is 0 Å². The van der Waals surface area contributed by atoms with Gasteiger partial charge in [0.05, 0.1) is 12.7 Å². The number of nitriles is 1. The average molecular weight is 560 g/mol. The zero-order chi connectivity index (χ0) is 23.2. The van der Waals surface area contributed by atoms with Crippen molar-refractivity contribution >= 4 is 57.9 Å². The number of anilines is 3. The summed E-state index contributed by atoms with van der Waals surface area (Å²) < 4.78 is 7.01. The standard InChI is InChI=1S/C28H20Br2N2O/c1-33-26-17-14-21(18-22(26)19-31)28(30)27(29)20-12-15-25(16-13-20)32(23-8-4-2-5-9-23)24-10-6-3-7-11-24/h2-18H,1H3/b28-27+. The highest BCUT2D eigenvalue weighted by Crippen LogP contribution is 2.39. The molecule has 0 aliphatic heterocycles. The fraction of sp³-hybridized carbons (Fsp3) is 0.0357. The molecule has 3 nitrogen and oxygen atoms in total. The molecule has 0 amide bonds. The molecule has 0 bridgehead atoms. The summed E-state index contributed by atoms with van der Waals surface area (Å²) >= 11 is 7.42. The second-order valence-corrected chi connectivity index (χ2v) is 8.79. The molecule has 0 unspecified atom stereocenters. The minimum atomic E-state index is 0.490. The Morgan fingerprint density at radius 1 is 0.697 bits per heavy atom. The third kappa shape index (κ3) is 5.03. The van der Waals surface area contributed by atoms with Gasteiger partial charge in [-0.3, -0.25) is 0 Å². The molecule has 0 spiro atoms. The lowest BCUT2D eigenvalue weighted by Gasteiger charge is -2.25. The van der Waals surface area contributed by atoms with Crippen LogP contribution in [0.5, 0.6) is 5.75 Å². The lowest BCUT2D eigenvalue weighted by Crippen LogP contribution is -2.09. The van der Waals surface area contributed by atoms with E-state index in [1.807, 2.05) is 48.5 Å². The number of rotatable bonds is 6. The molecule has 4 aromatic rings. The highest BCUT2D eigenvalue weighted by atomic mass is 79.9. The van der Waals surface area contributed by atoms with E-state index >= 15 is 0 Å². The first-order valence-electron chi connectivity index (χ1n) is 10.3. The van der Waals surface area contributed by atoms with Gasteiger partial charge in [0, 0.05) is 26.0 Å². The normalized spacial score (nSPS) is 11.3. The van der Waals surface area contributed by atoms with E-state index in [0.29, 0.717) is 11.3 Å². The van der Waals surface area contributed by atoms with Crippen LogP contribution in [-0.2, 0) is 0 Å². The highest BCUT2D eigenvalue weighted by molar-refractivity contribution is 9.18. The molecule has 0 aliphatic rings. The van der Waals surface area contributed by atoms with Gasteiger partial charge in [-0.2, -0.15) is 5.26 Å². The minimum absolute atomic E-state index is 0.490. The van der Waals surface area contributed by atoms with Crippen molar-refractivity contribution in [1.29, 1.82) is 5.26 Å². The molecule has 0 aliphatic carbocycles. The monoisotopic (exact) mass is 558 g/mol. The lowest BCUT2D eigenvalue weighted by molar-refractivity contribution is 0.413. The SMILES string of the molecule is COc1ccc(/C(Br)=C(\Br)c2ccc(N(c3ccccc3)c3ccccc3)cc2)cc1C#N. The number of hydrogen-bond donors (Lipinski definition) is 0. The van der Waals surface area contributed by atoms with E-state index in [0.717, 1.165) is 37.2 Å². The number of hydrogen-bond acceptors (Lipinski definition) is 3. The van der Waals surface area contributed by atoms with Gasteiger partial charge in [-0.25, -0.2) is 0 Å². The van der Waals surface area contributed by atoms with Crippen molar-refractivity contribution in [2.75, 3.05) is 12.0 Å². The van der Waals surface area contributed by atoms with Gasteiger partial charge in [-0.05, 0) is 91.5 Å². The van der Waals surface area contributed by atoms with Crippen LogP contribution in [0, 0.1) is 11.3 Å². The van der Waals surface area contributed by atoms with Gasteiger partial charge in [0.25, 0.3) is 0 Å². The Morgan fingerprint density at radius 3 is 1.70 bits per heavy atom. The number of halogens is 2. The molecular formula is C28H20Br2N2O. The fourth-order valence-corrected chi connectivity index (χ4v) is 4.51. The zero-order valence-corrected chi connectivity index (χ0v) is 21.0. The van der Waals surface area contributed by atoms with E-state index < -0.39 is 0 Å². The molecule has 0 radical (unpaired) electrons. The number of para-hydroxylation sites is 2. The third-order valence-corrected chi connectivity index (χ3v) is 7.41. The molecule has 0 N–H and O–H groups in total. The maximum atomic E-state index is 9.40. The van der Waals surface area contributed by atoms with Crippen LogP contribution in [0.2, 0.25) is 0 Å². The van der Waals surface area contributed by atoms with Gasteiger partial charge in [-0.1, -0.05) is 54.6 Å². The van der Waals surface area contributed by atoms with Crippen molar-refractivity contribution in [2.45, 2.75) is 0 Å². The van der Waals surface area contributed by atoms with Crippen LogP contribution in [0.15, 0.2) is 103 Å². The predicted octanol–water partition coefficient (Wildman–Crippen LogP) is 8.65. The average Bonchev–Trinajstić information content (AvgIpc) is 2.89. The number of methoxy groups -OCH3 is 1. The van der Waals surface area contributed by atoms with Gasteiger partial charge in [0.2, 0.25) is 0 Å². The second kappa shape index (κ2) is 10.5. The molecule has 0 atom stereocenters. The van der Waals surface area contributed by atoms with Crippen LogP contribution in [-0.4, -0.2) is 7.11 Å². The Balaban J connectivity index is 1.70. The molecule has 5 heteroatoms. The predicted molar refractivity (Wildman–Crippen MR) is 144 cm³/mol. The molecular weight excluding hydrogens is 540 g/mol. The van der Waals surface area contributed by atoms with Gasteiger partial charge >= 0.3 is 0 Å². The van der Waals surface area contributed by atoms with Crippen molar-refractivity contribution in [3.63, 3.8) is 0 Å². The smallest absolute Gasteiger partial charge is 0.136 e. The summed E-state index contributed by atoms with van der Waals surface area (Å²) in [6, 6.07) is 36.7. The molecule has 0 fully saturated rings. The molecule has 0 heterocycles. The van der Waals surface area contributed by atoms with Gasteiger partial charge in [0.15, 0.2) is 0 Å². The molecule has 0 aromatic heterocycles. The summed E-state index contributed by atoms with van der Waals surface area (Å²) in [7, 11) is 1.56. The Labute approximate surface area is 210 Å². The maximum absolute atomic E-state index is 9.40. The lowest BCUT2D eigenvalue weighted by atomic mass is 10.1. The fourth-order valence-electron chi connectivity index (χ4n) is 3.54. The summed E-state index contributed by atoms with van der Waals surface area (Å²) in [6.07, 6.45) is 0. The van der Waals surface area contributed by atoms with Crippen molar-refractivity contribution in [3.05, 3.63) is 120 Å². The van der Waals surface area contributed by atoms with Gasteiger partial charge in [0.1, 0.15) is 11.8 Å². The van der Waals surface area contributed by atoms with E-state index in [9.17, 15) is 5.26 Å². The number of benzene rings is 4. The minimum Gasteiger partial charge on any atom is -0.495 e. The van der Waals surface area contributed by atoms with Crippen LogP contribution in [0.1, 0.15) is 16.7 Å². The molecule has 162 valence electrons. The second-order valence-electron chi connectivity index (χ2n) is 7.21. The summed E-state index contributed by atoms with van der Waals surface area (Å²) in [5.74, 6) is 0.559. The quantitative estimate of drug-likeness (QED) is 0.222. The maximum Gasteiger partial charge on any atom is 0.136 e. The first kappa shape index (κ1) is 22.8. The van der Waals surface area contributed by atoms with Crippen LogP contribution < -0.4 is 9.64 Å². The Morgan fingerprint density at radius 2 is 1.18 bits per heavy atom. The summed E-state index contributed by atoms with van der Waals surface area (Å²) in [4.78, 5) is 2.22. The molecule has 4 rings (SSSR count). The van der Waals surface area contributed by atoms with Crippen molar-refractivity contribution < 1.29 is 4.74 Å². The highest BCUT2D eigenvalue weighted by Gasteiger charge is 2.14. The molecule has 0 saturated heterocycles. The van der Waals surface area contributed by atoms with E-state index in [1.165, 1.54) is 0 Å². The topological polar surface area (TPSA) is 36.3 Å². The first-order chi connectivity index (χ1) is 16.1. The van der Waals surface area contributed by atoms with Crippen LogP contribution >= 0.6 is 31.9 Å². The molecule has 0 saturated carbocycles. The third-order valence-electron chi connectivity index (χ3n) is 5.17. The summed E-state index contributed by atoms with van der Waals surface area (Å²) in [5.41, 5.74) is 5.64. The van der Waals surface area contributed by atoms with Crippen molar-refractivity contribution in [3.8, 4) is 11.8 Å². The van der Waals surface area contributed by atoms with Gasteiger partial charge < -0.3 is 9.64 Å². The van der Waals surface area contributed by atoms with Crippen molar-refractivity contribution in [2.24, 2.45) is 0 Å². The van der Waals surface area contributed by atoms with Crippen LogP contribution in [0.3, 0.4) is 0 Å². The zero-order valence-electron chi connectivity index (χ0n) is 17.9. The van der Waals surface area contributed by atoms with Crippen LogP contribution in [0.25, 0.3) is 8.96 Å². The molecule has 33 heavy (non-hydrogen) atoms. The van der Waals surface area contributed by atoms with E-state index in [1.54, 1.807) is 13.2 Å². The van der Waals surface area contributed by atoms with E-state index in [4.69, 9.17) is 4.74 Å². The number of nitrogens with zero attached hydrogens (tertiary/aromatic N) is 2. The Bertz CT molecular complexity index is 1270. The first-order valence-corrected chi connectivity index (χ1v) is 11.9. The summed E-state index contributed by atoms with van der Waals surface area (Å²) in [6.45, 7) is 0. The van der Waals surface area contributed by atoms with Crippen LogP contribution in [0.4, 0.5) is 17.1 Å². The van der Waals surface area contributed by atoms with E-state index in [-0.39, 0.29) is 0 Å². The molecule has 4 aromatic carbocycles. The largest absolute Gasteiger partial charge is 0.495 e. The van der Waals surface area contributed by atoms with E-state index in [2.05, 4.69) is 91.4 Å². The Hall–Kier alpha value is -3.33.